The Balaban J connectivity index is 1.94. The molecule has 2 aromatic carbocycles. The fraction of sp³-hybridized carbons (Fsp3) is 0.167. The number of rotatable bonds is 5. The molecule has 4 nitrogen and oxygen atoms in total. The molecule has 6 heteroatoms. The van der Waals surface area contributed by atoms with Crippen LogP contribution in [0.2, 0.25) is 10.0 Å². The molecule has 0 saturated carbocycles. The predicted octanol–water partition coefficient (Wildman–Crippen LogP) is 5.46. The highest BCUT2D eigenvalue weighted by Gasteiger charge is 2.13. The Morgan fingerprint density at radius 3 is 2.54 bits per heavy atom. The van der Waals surface area contributed by atoms with E-state index in [4.69, 9.17) is 33.0 Å². The van der Waals surface area contributed by atoms with Gasteiger partial charge in [0.25, 0.3) is 0 Å². The van der Waals surface area contributed by atoms with E-state index in [9.17, 15) is 4.79 Å². The molecule has 2 N–H and O–H groups in total. The first-order valence-electron chi connectivity index (χ1n) is 7.45. The van der Waals surface area contributed by atoms with Gasteiger partial charge in [-0.15, -0.1) is 0 Å². The molecular formula is C18H15Cl2NO3. The molecule has 0 amide bonds. The molecule has 0 fully saturated rings. The molecule has 0 bridgehead atoms. The van der Waals surface area contributed by atoms with Crippen LogP contribution in [0, 0.1) is 0 Å². The lowest BCUT2D eigenvalue weighted by atomic mass is 10.1. The number of aliphatic carboxylic acids is 1. The maximum Gasteiger partial charge on any atom is 0.307 e. The van der Waals surface area contributed by atoms with E-state index in [1.54, 1.807) is 12.1 Å². The molecule has 0 aliphatic carbocycles. The molecule has 124 valence electrons. The van der Waals surface area contributed by atoms with Crippen LogP contribution in [0.15, 0.2) is 36.5 Å². The fourth-order valence-electron chi connectivity index (χ4n) is 2.62. The summed E-state index contributed by atoms with van der Waals surface area (Å²) in [6.07, 6.45) is 2.75. The van der Waals surface area contributed by atoms with Gasteiger partial charge in [0.2, 0.25) is 0 Å². The summed E-state index contributed by atoms with van der Waals surface area (Å²) in [4.78, 5) is 14.0. The molecule has 0 aliphatic rings. The highest BCUT2D eigenvalue weighted by Crippen LogP contribution is 2.38. The molecule has 0 atom stereocenters. The van der Waals surface area contributed by atoms with Crippen molar-refractivity contribution in [3.05, 3.63) is 57.7 Å². The summed E-state index contributed by atoms with van der Waals surface area (Å²) in [7, 11) is 0. The van der Waals surface area contributed by atoms with E-state index in [1.807, 2.05) is 24.4 Å². The zero-order valence-corrected chi connectivity index (χ0v) is 14.4. The lowest BCUT2D eigenvalue weighted by Gasteiger charge is -2.11. The van der Waals surface area contributed by atoms with Crippen molar-refractivity contribution in [2.75, 3.05) is 0 Å². The predicted molar refractivity (Wildman–Crippen MR) is 95.6 cm³/mol. The first kappa shape index (κ1) is 16.7. The average molecular weight is 364 g/mol. The number of ether oxygens (including phenoxy) is 1. The number of nitrogens with one attached hydrogen (secondary N) is 1. The van der Waals surface area contributed by atoms with Crippen LogP contribution in [-0.2, 0) is 17.6 Å². The number of carboxylic acids is 1. The van der Waals surface area contributed by atoms with Gasteiger partial charge >= 0.3 is 5.97 Å². The molecule has 3 rings (SSSR count). The van der Waals surface area contributed by atoms with Crippen LogP contribution in [0.5, 0.6) is 11.5 Å². The van der Waals surface area contributed by atoms with E-state index in [0.29, 0.717) is 17.1 Å². The normalized spacial score (nSPS) is 11.0. The van der Waals surface area contributed by atoms with E-state index >= 15 is 0 Å². The third kappa shape index (κ3) is 3.35. The van der Waals surface area contributed by atoms with Crippen molar-refractivity contribution >= 4 is 40.1 Å². The average Bonchev–Trinajstić information content (AvgIpc) is 2.92. The van der Waals surface area contributed by atoms with Crippen molar-refractivity contribution in [2.24, 2.45) is 0 Å². The maximum absolute atomic E-state index is 10.8. The smallest absolute Gasteiger partial charge is 0.307 e. The standard InChI is InChI=1S/C18H15Cl2NO3/c1-2-11-9-21-16-4-3-12(8-13(11)16)24-18-14(19)5-10(6-15(18)20)7-17(22)23/h3-6,8-9,21H,2,7H2,1H3,(H,22,23). The zero-order chi connectivity index (χ0) is 17.3. The van der Waals surface area contributed by atoms with Gasteiger partial charge < -0.3 is 14.8 Å². The second kappa shape index (κ2) is 6.75. The molecule has 0 saturated heterocycles. The Morgan fingerprint density at radius 1 is 1.21 bits per heavy atom. The van der Waals surface area contributed by atoms with Gasteiger partial charge in [-0.25, -0.2) is 0 Å². The molecule has 0 aliphatic heterocycles. The Kier molecular flexibility index (Phi) is 4.69. The van der Waals surface area contributed by atoms with Crippen LogP contribution in [0.1, 0.15) is 18.1 Å². The minimum atomic E-state index is -0.944. The third-order valence-electron chi connectivity index (χ3n) is 3.75. The van der Waals surface area contributed by atoms with Gasteiger partial charge in [0.05, 0.1) is 16.5 Å². The molecule has 1 aromatic heterocycles. The number of carboxylic acid groups (broad SMARTS) is 1. The Morgan fingerprint density at radius 2 is 1.92 bits per heavy atom. The number of carbonyl (C=O) groups is 1. The van der Waals surface area contributed by atoms with Gasteiger partial charge in [-0.2, -0.15) is 0 Å². The number of aromatic amines is 1. The summed E-state index contributed by atoms with van der Waals surface area (Å²) >= 11 is 12.4. The van der Waals surface area contributed by atoms with Gasteiger partial charge in [0.15, 0.2) is 5.75 Å². The topological polar surface area (TPSA) is 62.3 Å². The molecule has 1 heterocycles. The van der Waals surface area contributed by atoms with Gasteiger partial charge in [-0.1, -0.05) is 30.1 Å². The van der Waals surface area contributed by atoms with Crippen LogP contribution < -0.4 is 4.74 Å². The summed E-state index contributed by atoms with van der Waals surface area (Å²) < 4.78 is 5.85. The SMILES string of the molecule is CCc1c[nH]c2ccc(Oc3c(Cl)cc(CC(=O)O)cc3Cl)cc12. The highest BCUT2D eigenvalue weighted by molar-refractivity contribution is 6.37. The number of aryl methyl sites for hydroxylation is 1. The minimum absolute atomic E-state index is 0.144. The van der Waals surface area contributed by atoms with E-state index in [0.717, 1.165) is 17.3 Å². The van der Waals surface area contributed by atoms with Crippen molar-refractivity contribution in [2.45, 2.75) is 19.8 Å². The molecule has 24 heavy (non-hydrogen) atoms. The zero-order valence-electron chi connectivity index (χ0n) is 12.9. The Hall–Kier alpha value is -2.17. The van der Waals surface area contributed by atoms with Gasteiger partial charge in [0, 0.05) is 17.1 Å². The van der Waals surface area contributed by atoms with Crippen molar-refractivity contribution in [1.29, 1.82) is 0 Å². The van der Waals surface area contributed by atoms with Crippen LogP contribution in [0.25, 0.3) is 10.9 Å². The van der Waals surface area contributed by atoms with Crippen molar-refractivity contribution in [3.8, 4) is 11.5 Å². The van der Waals surface area contributed by atoms with Crippen LogP contribution in [0.3, 0.4) is 0 Å². The maximum atomic E-state index is 10.8. The molecule has 0 unspecified atom stereocenters. The van der Waals surface area contributed by atoms with Crippen LogP contribution in [-0.4, -0.2) is 16.1 Å². The summed E-state index contributed by atoms with van der Waals surface area (Å²) in [5, 5.41) is 10.5. The molecule has 0 radical (unpaired) electrons. The van der Waals surface area contributed by atoms with E-state index < -0.39 is 5.97 Å². The molecular weight excluding hydrogens is 349 g/mol. The lowest BCUT2D eigenvalue weighted by Crippen LogP contribution is -2.00. The van der Waals surface area contributed by atoms with E-state index in [2.05, 4.69) is 11.9 Å². The van der Waals surface area contributed by atoms with Gasteiger partial charge in [0.1, 0.15) is 5.75 Å². The highest BCUT2D eigenvalue weighted by atomic mass is 35.5. The van der Waals surface area contributed by atoms with Gasteiger partial charge in [-0.05, 0) is 47.9 Å². The van der Waals surface area contributed by atoms with E-state index in [-0.39, 0.29) is 16.5 Å². The molecule has 3 aromatic rings. The summed E-state index contributed by atoms with van der Waals surface area (Å²) in [6, 6.07) is 8.81. The first-order chi connectivity index (χ1) is 11.5. The number of hydrogen-bond acceptors (Lipinski definition) is 2. The number of aromatic nitrogens is 1. The number of fused-ring (bicyclic) bond motifs is 1. The second-order valence-electron chi connectivity index (χ2n) is 5.44. The van der Waals surface area contributed by atoms with Crippen LogP contribution >= 0.6 is 23.2 Å². The van der Waals surface area contributed by atoms with Crippen molar-refractivity contribution in [1.82, 2.24) is 4.98 Å². The summed E-state index contributed by atoms with van der Waals surface area (Å²) in [5.41, 5.74) is 2.76. The van der Waals surface area contributed by atoms with E-state index in [1.165, 1.54) is 5.56 Å². The monoisotopic (exact) mass is 363 g/mol. The number of halogens is 2. The third-order valence-corrected chi connectivity index (χ3v) is 4.31. The fourth-order valence-corrected chi connectivity index (χ4v) is 3.23. The first-order valence-corrected chi connectivity index (χ1v) is 8.21. The van der Waals surface area contributed by atoms with Crippen molar-refractivity contribution in [3.63, 3.8) is 0 Å². The number of benzene rings is 2. The van der Waals surface area contributed by atoms with Gasteiger partial charge in [-0.3, -0.25) is 4.79 Å². The summed E-state index contributed by atoms with van der Waals surface area (Å²) in [5.74, 6) is -0.00667. The number of hydrogen-bond donors (Lipinski definition) is 2. The minimum Gasteiger partial charge on any atom is -0.481 e. The Bertz CT molecular complexity index is 895. The quantitative estimate of drug-likeness (QED) is 0.632. The van der Waals surface area contributed by atoms with Crippen molar-refractivity contribution < 1.29 is 14.6 Å². The summed E-state index contributed by atoms with van der Waals surface area (Å²) in [6.45, 7) is 2.09. The Labute approximate surface area is 149 Å². The largest absolute Gasteiger partial charge is 0.481 e. The van der Waals surface area contributed by atoms with Crippen LogP contribution in [0.4, 0.5) is 0 Å². The second-order valence-corrected chi connectivity index (χ2v) is 6.25. The number of H-pyrrole nitrogens is 1. The molecule has 0 spiro atoms. The lowest BCUT2D eigenvalue weighted by molar-refractivity contribution is -0.136.